The van der Waals surface area contributed by atoms with Crippen molar-refractivity contribution in [2.75, 3.05) is 5.32 Å². The number of carbonyl (C=O) groups excluding carboxylic acids is 1. The van der Waals surface area contributed by atoms with Crippen molar-refractivity contribution in [2.24, 2.45) is 7.05 Å². The first-order valence-corrected chi connectivity index (χ1v) is 6.31. The molecule has 0 aliphatic rings. The number of anilines is 1. The lowest BCUT2D eigenvalue weighted by atomic mass is 10.3. The molecular formula is C14H15N5O. The maximum Gasteiger partial charge on any atom is 0.275 e. The molecule has 20 heavy (non-hydrogen) atoms. The van der Waals surface area contributed by atoms with E-state index in [9.17, 15) is 4.79 Å². The summed E-state index contributed by atoms with van der Waals surface area (Å²) in [6.07, 6.45) is 3.37. The van der Waals surface area contributed by atoms with Gasteiger partial charge in [-0.05, 0) is 26.0 Å². The van der Waals surface area contributed by atoms with Gasteiger partial charge in [-0.25, -0.2) is 4.98 Å². The van der Waals surface area contributed by atoms with Crippen molar-refractivity contribution < 1.29 is 4.79 Å². The molecule has 3 rings (SSSR count). The van der Waals surface area contributed by atoms with Crippen molar-refractivity contribution in [1.82, 2.24) is 19.2 Å². The number of hydrogen-bond donors (Lipinski definition) is 1. The Hall–Kier alpha value is -2.63. The molecule has 3 aromatic rings. The molecule has 0 bridgehead atoms. The Morgan fingerprint density at radius 1 is 1.30 bits per heavy atom. The van der Waals surface area contributed by atoms with Crippen LogP contribution in [0.1, 0.15) is 21.9 Å². The SMILES string of the molecule is Cc1c(NC(=O)c2cn3c(C)cccc3n2)cnn1C. The number of imidazole rings is 1. The summed E-state index contributed by atoms with van der Waals surface area (Å²) in [5.74, 6) is -0.232. The Morgan fingerprint density at radius 2 is 2.10 bits per heavy atom. The van der Waals surface area contributed by atoms with Gasteiger partial charge in [0.15, 0.2) is 0 Å². The van der Waals surface area contributed by atoms with E-state index in [0.29, 0.717) is 11.4 Å². The number of rotatable bonds is 2. The molecule has 0 atom stereocenters. The Morgan fingerprint density at radius 3 is 2.75 bits per heavy atom. The Kier molecular flexibility index (Phi) is 2.78. The highest BCUT2D eigenvalue weighted by atomic mass is 16.1. The summed E-state index contributed by atoms with van der Waals surface area (Å²) in [5, 5.41) is 6.93. The first kappa shape index (κ1) is 12.4. The van der Waals surface area contributed by atoms with Crippen molar-refractivity contribution in [3.8, 4) is 0 Å². The van der Waals surface area contributed by atoms with Gasteiger partial charge in [0.2, 0.25) is 0 Å². The second kappa shape index (κ2) is 4.48. The van der Waals surface area contributed by atoms with Gasteiger partial charge in [0.25, 0.3) is 5.91 Å². The molecular weight excluding hydrogens is 254 g/mol. The number of nitrogens with zero attached hydrogens (tertiary/aromatic N) is 4. The molecule has 0 aromatic carbocycles. The van der Waals surface area contributed by atoms with Gasteiger partial charge in [-0.1, -0.05) is 6.07 Å². The van der Waals surface area contributed by atoms with Crippen molar-refractivity contribution >= 4 is 17.2 Å². The number of amides is 1. The van der Waals surface area contributed by atoms with Crippen LogP contribution in [-0.2, 0) is 7.05 Å². The first-order chi connectivity index (χ1) is 9.56. The zero-order valence-corrected chi connectivity index (χ0v) is 11.6. The van der Waals surface area contributed by atoms with Gasteiger partial charge in [-0.3, -0.25) is 9.48 Å². The zero-order valence-electron chi connectivity index (χ0n) is 11.6. The van der Waals surface area contributed by atoms with Crippen LogP contribution in [0.4, 0.5) is 5.69 Å². The Bertz CT molecular complexity index is 799. The van der Waals surface area contributed by atoms with E-state index in [-0.39, 0.29) is 5.91 Å². The van der Waals surface area contributed by atoms with Crippen LogP contribution in [0.15, 0.2) is 30.6 Å². The summed E-state index contributed by atoms with van der Waals surface area (Å²) in [4.78, 5) is 16.6. The average Bonchev–Trinajstić information content (AvgIpc) is 2.99. The smallest absolute Gasteiger partial charge is 0.275 e. The molecule has 3 aromatic heterocycles. The maximum absolute atomic E-state index is 12.2. The highest BCUT2D eigenvalue weighted by Gasteiger charge is 2.14. The van der Waals surface area contributed by atoms with Crippen LogP contribution in [0.3, 0.4) is 0 Å². The van der Waals surface area contributed by atoms with Gasteiger partial charge in [-0.15, -0.1) is 0 Å². The zero-order chi connectivity index (χ0) is 14.3. The third-order valence-corrected chi connectivity index (χ3v) is 3.41. The van der Waals surface area contributed by atoms with Crippen LogP contribution in [0.2, 0.25) is 0 Å². The van der Waals surface area contributed by atoms with Crippen molar-refractivity contribution in [3.63, 3.8) is 0 Å². The molecule has 0 spiro atoms. The summed E-state index contributed by atoms with van der Waals surface area (Å²) in [6, 6.07) is 5.77. The van der Waals surface area contributed by atoms with E-state index < -0.39 is 0 Å². The standard InChI is InChI=1S/C14H15N5O/c1-9-5-4-6-13-16-12(8-19(9)13)14(20)17-11-7-15-18(3)10(11)2/h4-8H,1-3H3,(H,17,20). The fraction of sp³-hybridized carbons (Fsp3) is 0.214. The normalized spacial score (nSPS) is 10.9. The largest absolute Gasteiger partial charge is 0.318 e. The molecule has 0 radical (unpaired) electrons. The van der Waals surface area contributed by atoms with E-state index in [2.05, 4.69) is 15.4 Å². The number of nitrogens with one attached hydrogen (secondary N) is 1. The number of aryl methyl sites for hydroxylation is 2. The average molecular weight is 269 g/mol. The van der Waals surface area contributed by atoms with Crippen LogP contribution < -0.4 is 5.32 Å². The van der Waals surface area contributed by atoms with Gasteiger partial charge in [0.1, 0.15) is 11.3 Å². The molecule has 0 fully saturated rings. The van der Waals surface area contributed by atoms with Crippen molar-refractivity contribution in [2.45, 2.75) is 13.8 Å². The van der Waals surface area contributed by atoms with E-state index in [0.717, 1.165) is 17.0 Å². The topological polar surface area (TPSA) is 64.2 Å². The second-order valence-electron chi connectivity index (χ2n) is 4.74. The molecule has 0 aliphatic carbocycles. The Balaban J connectivity index is 1.93. The number of carbonyl (C=O) groups is 1. The molecule has 0 unspecified atom stereocenters. The fourth-order valence-corrected chi connectivity index (χ4v) is 2.07. The molecule has 1 N–H and O–H groups in total. The fourth-order valence-electron chi connectivity index (χ4n) is 2.07. The maximum atomic E-state index is 12.2. The quantitative estimate of drug-likeness (QED) is 0.773. The molecule has 0 aliphatic heterocycles. The van der Waals surface area contributed by atoms with E-state index in [1.165, 1.54) is 0 Å². The number of hydrogen-bond acceptors (Lipinski definition) is 3. The summed E-state index contributed by atoms with van der Waals surface area (Å²) in [5.41, 5.74) is 3.79. The highest BCUT2D eigenvalue weighted by molar-refractivity contribution is 6.03. The van der Waals surface area contributed by atoms with Gasteiger partial charge < -0.3 is 9.72 Å². The van der Waals surface area contributed by atoms with Crippen molar-refractivity contribution in [1.29, 1.82) is 0 Å². The van der Waals surface area contributed by atoms with E-state index in [4.69, 9.17) is 0 Å². The summed E-state index contributed by atoms with van der Waals surface area (Å²) in [6.45, 7) is 3.87. The minimum Gasteiger partial charge on any atom is -0.318 e. The monoisotopic (exact) mass is 269 g/mol. The molecule has 3 heterocycles. The predicted molar refractivity (Wildman–Crippen MR) is 75.8 cm³/mol. The Labute approximate surface area is 116 Å². The molecule has 102 valence electrons. The number of fused-ring (bicyclic) bond motifs is 1. The minimum absolute atomic E-state index is 0.232. The van der Waals surface area contributed by atoms with Gasteiger partial charge in [0, 0.05) is 18.9 Å². The second-order valence-corrected chi connectivity index (χ2v) is 4.74. The van der Waals surface area contributed by atoms with Crippen LogP contribution in [0.25, 0.3) is 5.65 Å². The lowest BCUT2D eigenvalue weighted by Crippen LogP contribution is -2.12. The third-order valence-electron chi connectivity index (χ3n) is 3.41. The van der Waals surface area contributed by atoms with Crippen LogP contribution in [0.5, 0.6) is 0 Å². The van der Waals surface area contributed by atoms with E-state index in [1.807, 2.05) is 43.5 Å². The van der Waals surface area contributed by atoms with Crippen molar-refractivity contribution in [3.05, 3.63) is 47.7 Å². The van der Waals surface area contributed by atoms with Gasteiger partial charge in [0.05, 0.1) is 17.6 Å². The van der Waals surface area contributed by atoms with Crippen LogP contribution >= 0.6 is 0 Å². The summed E-state index contributed by atoms with van der Waals surface area (Å²) >= 11 is 0. The molecule has 6 heteroatoms. The van der Waals surface area contributed by atoms with E-state index in [1.54, 1.807) is 17.1 Å². The first-order valence-electron chi connectivity index (χ1n) is 6.31. The molecule has 0 saturated carbocycles. The lowest BCUT2D eigenvalue weighted by molar-refractivity contribution is 0.102. The van der Waals surface area contributed by atoms with Gasteiger partial charge >= 0.3 is 0 Å². The lowest BCUT2D eigenvalue weighted by Gasteiger charge is -2.01. The molecule has 1 amide bonds. The van der Waals surface area contributed by atoms with Gasteiger partial charge in [-0.2, -0.15) is 5.10 Å². The number of aromatic nitrogens is 4. The van der Waals surface area contributed by atoms with Crippen LogP contribution in [-0.4, -0.2) is 25.1 Å². The summed E-state index contributed by atoms with van der Waals surface area (Å²) < 4.78 is 3.61. The van der Waals surface area contributed by atoms with E-state index >= 15 is 0 Å². The molecule has 6 nitrogen and oxygen atoms in total. The highest BCUT2D eigenvalue weighted by Crippen LogP contribution is 2.14. The van der Waals surface area contributed by atoms with Crippen LogP contribution in [0, 0.1) is 13.8 Å². The molecule has 0 saturated heterocycles. The minimum atomic E-state index is -0.232. The number of pyridine rings is 1. The third kappa shape index (κ3) is 1.95. The predicted octanol–water partition coefficient (Wildman–Crippen LogP) is 1.94. The summed E-state index contributed by atoms with van der Waals surface area (Å²) in [7, 11) is 1.83.